The summed E-state index contributed by atoms with van der Waals surface area (Å²) in [5, 5.41) is 8.76. The number of aromatic amines is 1. The zero-order valence-electron chi connectivity index (χ0n) is 10.5. The summed E-state index contributed by atoms with van der Waals surface area (Å²) >= 11 is 1.07. The number of benzene rings is 1. The summed E-state index contributed by atoms with van der Waals surface area (Å²) in [7, 11) is 0. The second-order valence-electron chi connectivity index (χ2n) is 3.85. The third-order valence-electron chi connectivity index (χ3n) is 2.32. The van der Waals surface area contributed by atoms with E-state index in [-0.39, 0.29) is 17.3 Å². The van der Waals surface area contributed by atoms with Gasteiger partial charge in [0.15, 0.2) is 0 Å². The smallest absolute Gasteiger partial charge is 0.323 e. The molecule has 1 aromatic carbocycles. The fourth-order valence-corrected chi connectivity index (χ4v) is 2.14. The molecule has 20 heavy (non-hydrogen) atoms. The fraction of sp³-hybridized carbons (Fsp3) is 0.167. The molecular weight excluding hydrogens is 283 g/mol. The molecule has 6 nitrogen and oxygen atoms in total. The fourth-order valence-electron chi connectivity index (χ4n) is 1.40. The van der Waals surface area contributed by atoms with Crippen LogP contribution in [0.15, 0.2) is 34.1 Å². The lowest BCUT2D eigenvalue weighted by atomic mass is 10.3. The van der Waals surface area contributed by atoms with Crippen LogP contribution in [-0.4, -0.2) is 26.8 Å². The van der Waals surface area contributed by atoms with E-state index in [1.807, 2.05) is 0 Å². The molecule has 0 bridgehead atoms. The maximum atomic E-state index is 13.3. The predicted molar refractivity (Wildman–Crippen MR) is 73.1 cm³/mol. The largest absolute Gasteiger partial charge is 0.362 e. The summed E-state index contributed by atoms with van der Waals surface area (Å²) in [5.41, 5.74) is 0.0627. The van der Waals surface area contributed by atoms with E-state index in [2.05, 4.69) is 20.5 Å². The van der Waals surface area contributed by atoms with Crippen molar-refractivity contribution in [2.75, 3.05) is 11.1 Å². The lowest BCUT2D eigenvalue weighted by Crippen LogP contribution is -2.17. The zero-order valence-corrected chi connectivity index (χ0v) is 11.3. The Morgan fingerprint density at radius 1 is 1.45 bits per heavy atom. The first-order chi connectivity index (χ1) is 9.56. The van der Waals surface area contributed by atoms with Crippen LogP contribution in [0.2, 0.25) is 0 Å². The number of carbonyl (C=O) groups is 1. The standard InChI is InChI=1S/C12H11FN4O2S/c1-7-11(15-12(19)17-16-7)20-6-10(18)14-9-5-3-2-4-8(9)13/h2-5H,6H2,1H3,(H,14,18)(H,15,17,19). The maximum Gasteiger partial charge on any atom is 0.362 e. The second-order valence-corrected chi connectivity index (χ2v) is 4.81. The number of anilines is 1. The van der Waals surface area contributed by atoms with E-state index in [9.17, 15) is 14.0 Å². The number of aromatic nitrogens is 3. The predicted octanol–water partition coefficient (Wildman–Crippen LogP) is 1.34. The summed E-state index contributed by atoms with van der Waals surface area (Å²) in [6.07, 6.45) is 0. The van der Waals surface area contributed by atoms with Crippen molar-refractivity contribution < 1.29 is 9.18 Å². The molecule has 2 aromatic rings. The van der Waals surface area contributed by atoms with E-state index >= 15 is 0 Å². The molecule has 0 atom stereocenters. The van der Waals surface area contributed by atoms with Crippen molar-refractivity contribution in [3.63, 3.8) is 0 Å². The molecule has 1 amide bonds. The van der Waals surface area contributed by atoms with Gasteiger partial charge in [0, 0.05) is 0 Å². The van der Waals surface area contributed by atoms with Crippen LogP contribution in [0.3, 0.4) is 0 Å². The minimum Gasteiger partial charge on any atom is -0.323 e. The molecular formula is C12H11FN4O2S. The van der Waals surface area contributed by atoms with Crippen LogP contribution in [0.4, 0.5) is 10.1 Å². The van der Waals surface area contributed by atoms with Crippen molar-refractivity contribution in [2.45, 2.75) is 11.9 Å². The number of rotatable bonds is 4. The van der Waals surface area contributed by atoms with Crippen molar-refractivity contribution in [2.24, 2.45) is 0 Å². The van der Waals surface area contributed by atoms with Crippen LogP contribution in [0, 0.1) is 12.7 Å². The third kappa shape index (κ3) is 3.64. The molecule has 104 valence electrons. The third-order valence-corrected chi connectivity index (χ3v) is 3.39. The van der Waals surface area contributed by atoms with Crippen LogP contribution < -0.4 is 11.0 Å². The van der Waals surface area contributed by atoms with Gasteiger partial charge >= 0.3 is 5.69 Å². The van der Waals surface area contributed by atoms with Gasteiger partial charge in [-0.3, -0.25) is 4.79 Å². The minimum absolute atomic E-state index is 0.00725. The highest BCUT2D eigenvalue weighted by molar-refractivity contribution is 8.00. The van der Waals surface area contributed by atoms with Gasteiger partial charge in [0.2, 0.25) is 5.91 Å². The molecule has 0 fully saturated rings. The molecule has 2 N–H and O–H groups in total. The van der Waals surface area contributed by atoms with Crippen molar-refractivity contribution >= 4 is 23.4 Å². The normalized spacial score (nSPS) is 10.3. The molecule has 0 aliphatic rings. The van der Waals surface area contributed by atoms with Crippen LogP contribution >= 0.6 is 11.8 Å². The Kier molecular flexibility index (Phi) is 4.46. The van der Waals surface area contributed by atoms with Crippen LogP contribution in [-0.2, 0) is 4.79 Å². The summed E-state index contributed by atoms with van der Waals surface area (Å²) in [4.78, 5) is 26.4. The monoisotopic (exact) mass is 294 g/mol. The van der Waals surface area contributed by atoms with E-state index in [4.69, 9.17) is 0 Å². The average molecular weight is 294 g/mol. The van der Waals surface area contributed by atoms with Gasteiger partial charge in [0.1, 0.15) is 10.8 Å². The Balaban J connectivity index is 1.97. The molecule has 1 heterocycles. The number of hydrogen-bond acceptors (Lipinski definition) is 5. The SMILES string of the molecule is Cc1n[nH]c(=O)nc1SCC(=O)Nc1ccccc1F. The highest BCUT2D eigenvalue weighted by Gasteiger charge is 2.09. The van der Waals surface area contributed by atoms with Crippen molar-refractivity contribution in [3.8, 4) is 0 Å². The number of para-hydroxylation sites is 1. The first-order valence-electron chi connectivity index (χ1n) is 5.67. The van der Waals surface area contributed by atoms with Gasteiger partial charge in [0.05, 0.1) is 17.1 Å². The number of halogens is 1. The second kappa shape index (κ2) is 6.29. The molecule has 0 radical (unpaired) electrons. The lowest BCUT2D eigenvalue weighted by Gasteiger charge is -2.06. The van der Waals surface area contributed by atoms with Gasteiger partial charge in [-0.05, 0) is 19.1 Å². The van der Waals surface area contributed by atoms with Crippen LogP contribution in [0.1, 0.15) is 5.69 Å². The van der Waals surface area contributed by atoms with Crippen LogP contribution in [0.25, 0.3) is 0 Å². The number of hydrogen-bond donors (Lipinski definition) is 2. The van der Waals surface area contributed by atoms with Gasteiger partial charge in [-0.15, -0.1) is 0 Å². The first kappa shape index (κ1) is 14.2. The molecule has 0 unspecified atom stereocenters. The Morgan fingerprint density at radius 2 is 2.20 bits per heavy atom. The zero-order chi connectivity index (χ0) is 14.5. The number of carbonyl (C=O) groups excluding carboxylic acids is 1. The maximum absolute atomic E-state index is 13.3. The lowest BCUT2D eigenvalue weighted by molar-refractivity contribution is -0.113. The molecule has 0 aliphatic carbocycles. The topological polar surface area (TPSA) is 87.7 Å². The van der Waals surface area contributed by atoms with Gasteiger partial charge < -0.3 is 5.32 Å². The van der Waals surface area contributed by atoms with Gasteiger partial charge in [-0.1, -0.05) is 23.9 Å². The molecule has 0 saturated heterocycles. The summed E-state index contributed by atoms with van der Waals surface area (Å²) in [6, 6.07) is 5.89. The van der Waals surface area contributed by atoms with E-state index in [1.54, 1.807) is 13.0 Å². The Labute approximate surface area is 117 Å². The number of amides is 1. The number of nitrogens with zero attached hydrogens (tertiary/aromatic N) is 2. The first-order valence-corrected chi connectivity index (χ1v) is 6.65. The van der Waals surface area contributed by atoms with Gasteiger partial charge in [0.25, 0.3) is 0 Å². The van der Waals surface area contributed by atoms with Gasteiger partial charge in [-0.2, -0.15) is 10.1 Å². The van der Waals surface area contributed by atoms with Crippen molar-refractivity contribution in [3.05, 3.63) is 46.3 Å². The quantitative estimate of drug-likeness (QED) is 0.831. The molecule has 1 aromatic heterocycles. The molecule has 0 saturated carbocycles. The van der Waals surface area contributed by atoms with E-state index in [0.29, 0.717) is 10.7 Å². The van der Waals surface area contributed by atoms with Crippen molar-refractivity contribution in [1.82, 2.24) is 15.2 Å². The highest BCUT2D eigenvalue weighted by atomic mass is 32.2. The molecule has 8 heteroatoms. The van der Waals surface area contributed by atoms with E-state index in [1.165, 1.54) is 18.2 Å². The van der Waals surface area contributed by atoms with E-state index in [0.717, 1.165) is 11.8 Å². The molecule has 2 rings (SSSR count). The summed E-state index contributed by atoms with van der Waals surface area (Å²) < 4.78 is 13.3. The van der Waals surface area contributed by atoms with Gasteiger partial charge in [-0.25, -0.2) is 14.3 Å². The number of H-pyrrole nitrogens is 1. The molecule has 0 aliphatic heterocycles. The highest BCUT2D eigenvalue weighted by Crippen LogP contribution is 2.17. The minimum atomic E-state index is -0.576. The summed E-state index contributed by atoms with van der Waals surface area (Å²) in [6.45, 7) is 1.67. The van der Waals surface area contributed by atoms with E-state index < -0.39 is 11.5 Å². The Morgan fingerprint density at radius 3 is 2.95 bits per heavy atom. The number of thioether (sulfide) groups is 1. The van der Waals surface area contributed by atoms with Crippen molar-refractivity contribution in [1.29, 1.82) is 0 Å². The summed E-state index contributed by atoms with van der Waals surface area (Å²) in [5.74, 6) is -0.882. The number of aryl methyl sites for hydroxylation is 1. The molecule has 0 spiro atoms. The number of nitrogens with one attached hydrogen (secondary N) is 2. The van der Waals surface area contributed by atoms with Crippen LogP contribution in [0.5, 0.6) is 0 Å². The Bertz CT molecular complexity index is 689. The Hall–Kier alpha value is -2.22. The average Bonchev–Trinajstić information content (AvgIpc) is 2.42.